The van der Waals surface area contributed by atoms with Crippen molar-refractivity contribution in [3.8, 4) is 0 Å². The van der Waals surface area contributed by atoms with Gasteiger partial charge in [0.2, 0.25) is 0 Å². The van der Waals surface area contributed by atoms with Gasteiger partial charge in [-0.2, -0.15) is 0 Å². The van der Waals surface area contributed by atoms with Gasteiger partial charge < -0.3 is 10.2 Å². The van der Waals surface area contributed by atoms with Gasteiger partial charge in [-0.1, -0.05) is 39.5 Å². The summed E-state index contributed by atoms with van der Waals surface area (Å²) in [6.07, 6.45) is 4.26. The van der Waals surface area contributed by atoms with E-state index < -0.39 is 23.8 Å². The molecule has 0 aromatic heterocycles. The zero-order chi connectivity index (χ0) is 12.6. The fourth-order valence-corrected chi connectivity index (χ4v) is 1.84. The van der Waals surface area contributed by atoms with Crippen LogP contribution in [0.5, 0.6) is 0 Å². The first-order valence-corrected chi connectivity index (χ1v) is 6.00. The summed E-state index contributed by atoms with van der Waals surface area (Å²) >= 11 is 0. The normalized spacial score (nSPS) is 14.4. The van der Waals surface area contributed by atoms with Crippen LogP contribution < -0.4 is 0 Å². The van der Waals surface area contributed by atoms with Gasteiger partial charge in [0.05, 0.1) is 11.8 Å². The molecule has 0 bridgehead atoms. The topological polar surface area (TPSA) is 74.6 Å². The van der Waals surface area contributed by atoms with Gasteiger partial charge in [-0.05, 0) is 12.8 Å². The van der Waals surface area contributed by atoms with Gasteiger partial charge in [0.15, 0.2) is 0 Å². The predicted octanol–water partition coefficient (Wildman–Crippen LogP) is 2.77. The fraction of sp³-hybridized carbons (Fsp3) is 0.833. The first kappa shape index (κ1) is 14.9. The van der Waals surface area contributed by atoms with Crippen LogP contribution in [0.2, 0.25) is 0 Å². The van der Waals surface area contributed by atoms with Crippen molar-refractivity contribution in [2.75, 3.05) is 0 Å². The molecular formula is C12H22O4. The summed E-state index contributed by atoms with van der Waals surface area (Å²) in [6, 6.07) is 0. The molecule has 4 heteroatoms. The molecule has 0 aromatic carbocycles. The van der Waals surface area contributed by atoms with Crippen molar-refractivity contribution in [3.05, 3.63) is 0 Å². The summed E-state index contributed by atoms with van der Waals surface area (Å²) in [5, 5.41) is 18.1. The zero-order valence-electron chi connectivity index (χ0n) is 10.1. The first-order chi connectivity index (χ1) is 7.54. The first-order valence-electron chi connectivity index (χ1n) is 6.00. The molecule has 0 amide bonds. The second-order valence-corrected chi connectivity index (χ2v) is 4.17. The third-order valence-electron chi connectivity index (χ3n) is 2.86. The molecular weight excluding hydrogens is 208 g/mol. The van der Waals surface area contributed by atoms with Gasteiger partial charge in [0.1, 0.15) is 0 Å². The highest BCUT2D eigenvalue weighted by atomic mass is 16.4. The van der Waals surface area contributed by atoms with E-state index in [1.807, 2.05) is 13.8 Å². The molecule has 0 rings (SSSR count). The summed E-state index contributed by atoms with van der Waals surface area (Å²) < 4.78 is 0. The van der Waals surface area contributed by atoms with E-state index in [0.717, 1.165) is 25.7 Å². The Balaban J connectivity index is 4.52. The van der Waals surface area contributed by atoms with E-state index in [1.165, 1.54) is 0 Å². The van der Waals surface area contributed by atoms with Crippen molar-refractivity contribution >= 4 is 11.9 Å². The van der Waals surface area contributed by atoms with Gasteiger partial charge in [0.25, 0.3) is 0 Å². The van der Waals surface area contributed by atoms with Crippen molar-refractivity contribution in [2.45, 2.75) is 52.4 Å². The lowest BCUT2D eigenvalue weighted by molar-refractivity contribution is -0.154. The molecule has 0 fully saturated rings. The number of carbonyl (C=O) groups is 2. The van der Waals surface area contributed by atoms with E-state index in [0.29, 0.717) is 12.8 Å². The largest absolute Gasteiger partial charge is 0.481 e. The Labute approximate surface area is 96.7 Å². The number of aliphatic carboxylic acids is 2. The van der Waals surface area contributed by atoms with E-state index >= 15 is 0 Å². The molecule has 16 heavy (non-hydrogen) atoms. The molecule has 0 unspecified atom stereocenters. The van der Waals surface area contributed by atoms with Crippen LogP contribution in [-0.4, -0.2) is 22.2 Å². The lowest BCUT2D eigenvalue weighted by atomic mass is 9.84. The fourth-order valence-electron chi connectivity index (χ4n) is 1.84. The number of carboxylic acids is 2. The van der Waals surface area contributed by atoms with Crippen molar-refractivity contribution in [1.29, 1.82) is 0 Å². The van der Waals surface area contributed by atoms with Crippen LogP contribution in [0.25, 0.3) is 0 Å². The van der Waals surface area contributed by atoms with Crippen LogP contribution >= 0.6 is 0 Å². The van der Waals surface area contributed by atoms with Crippen LogP contribution in [0.3, 0.4) is 0 Å². The van der Waals surface area contributed by atoms with E-state index in [9.17, 15) is 9.59 Å². The molecule has 0 spiro atoms. The van der Waals surface area contributed by atoms with Gasteiger partial charge >= 0.3 is 11.9 Å². The number of unbranched alkanes of at least 4 members (excludes halogenated alkanes) is 2. The number of hydrogen-bond acceptors (Lipinski definition) is 2. The Hall–Kier alpha value is -1.06. The average molecular weight is 230 g/mol. The van der Waals surface area contributed by atoms with E-state index in [2.05, 4.69) is 0 Å². The molecule has 2 atom stereocenters. The van der Waals surface area contributed by atoms with Crippen molar-refractivity contribution in [3.63, 3.8) is 0 Å². The molecule has 94 valence electrons. The Morgan fingerprint density at radius 1 is 0.875 bits per heavy atom. The summed E-state index contributed by atoms with van der Waals surface area (Å²) in [7, 11) is 0. The van der Waals surface area contributed by atoms with Gasteiger partial charge in [-0.15, -0.1) is 0 Å². The monoisotopic (exact) mass is 230 g/mol. The van der Waals surface area contributed by atoms with Crippen molar-refractivity contribution < 1.29 is 19.8 Å². The minimum atomic E-state index is -0.975. The highest BCUT2D eigenvalue weighted by Crippen LogP contribution is 2.24. The smallest absolute Gasteiger partial charge is 0.307 e. The minimum Gasteiger partial charge on any atom is -0.481 e. The second kappa shape index (κ2) is 8.13. The molecule has 0 heterocycles. The molecule has 0 aliphatic carbocycles. The Morgan fingerprint density at radius 2 is 1.19 bits per heavy atom. The van der Waals surface area contributed by atoms with Crippen LogP contribution in [0.4, 0.5) is 0 Å². The van der Waals surface area contributed by atoms with Crippen LogP contribution in [-0.2, 0) is 9.59 Å². The van der Waals surface area contributed by atoms with Crippen LogP contribution in [0.1, 0.15) is 52.4 Å². The molecule has 4 nitrogen and oxygen atoms in total. The lowest BCUT2D eigenvalue weighted by Crippen LogP contribution is -2.29. The van der Waals surface area contributed by atoms with Crippen molar-refractivity contribution in [2.24, 2.45) is 11.8 Å². The Bertz CT molecular complexity index is 201. The molecule has 0 saturated heterocycles. The van der Waals surface area contributed by atoms with E-state index in [-0.39, 0.29) is 0 Å². The molecule has 0 aromatic rings. The van der Waals surface area contributed by atoms with E-state index in [1.54, 1.807) is 0 Å². The minimum absolute atomic E-state index is 0.465. The lowest BCUT2D eigenvalue weighted by Gasteiger charge is -2.19. The highest BCUT2D eigenvalue weighted by molar-refractivity contribution is 5.79. The molecule has 0 aliphatic rings. The number of hydrogen-bond donors (Lipinski definition) is 2. The second-order valence-electron chi connectivity index (χ2n) is 4.17. The summed E-state index contributed by atoms with van der Waals surface area (Å²) in [5.74, 6) is -3.41. The van der Waals surface area contributed by atoms with Gasteiger partial charge in [-0.3, -0.25) is 9.59 Å². The quantitative estimate of drug-likeness (QED) is 0.638. The maximum Gasteiger partial charge on any atom is 0.307 e. The van der Waals surface area contributed by atoms with Gasteiger partial charge in [-0.25, -0.2) is 0 Å². The van der Waals surface area contributed by atoms with Crippen LogP contribution in [0.15, 0.2) is 0 Å². The number of carboxylic acid groups (broad SMARTS) is 2. The maximum atomic E-state index is 11.1. The summed E-state index contributed by atoms with van der Waals surface area (Å²) in [6.45, 7) is 3.95. The maximum absolute atomic E-state index is 11.1. The summed E-state index contributed by atoms with van der Waals surface area (Å²) in [4.78, 5) is 22.1. The SMILES string of the molecule is CCCC[C@H](C(=O)O)[C@H](CCCC)C(=O)O. The third-order valence-corrected chi connectivity index (χ3v) is 2.86. The Morgan fingerprint density at radius 3 is 1.38 bits per heavy atom. The Kier molecular flexibility index (Phi) is 7.60. The standard InChI is InChI=1S/C12H22O4/c1-3-5-7-9(11(13)14)10(12(15)16)8-6-4-2/h9-10H,3-8H2,1-2H3,(H,13,14)(H,15,16)/t9-,10-/m0/s1. The van der Waals surface area contributed by atoms with Gasteiger partial charge in [0, 0.05) is 0 Å². The number of rotatable bonds is 9. The molecule has 2 N–H and O–H groups in total. The highest BCUT2D eigenvalue weighted by Gasteiger charge is 2.32. The predicted molar refractivity (Wildman–Crippen MR) is 61.3 cm³/mol. The molecule has 0 aliphatic heterocycles. The zero-order valence-corrected chi connectivity index (χ0v) is 10.1. The molecule has 0 radical (unpaired) electrons. The van der Waals surface area contributed by atoms with Crippen molar-refractivity contribution in [1.82, 2.24) is 0 Å². The molecule has 0 saturated carbocycles. The third kappa shape index (κ3) is 5.14. The average Bonchev–Trinajstić information content (AvgIpc) is 2.21. The van der Waals surface area contributed by atoms with E-state index in [4.69, 9.17) is 10.2 Å². The summed E-state index contributed by atoms with van der Waals surface area (Å²) in [5.41, 5.74) is 0. The van der Waals surface area contributed by atoms with Crippen LogP contribution in [0, 0.1) is 11.8 Å².